The summed E-state index contributed by atoms with van der Waals surface area (Å²) in [5.74, 6) is 0.435. The predicted molar refractivity (Wildman–Crippen MR) is 51.8 cm³/mol. The minimum Gasteiger partial charge on any atom is -0.404 e. The van der Waals surface area contributed by atoms with Crippen molar-refractivity contribution in [2.75, 3.05) is 5.73 Å². The molecular formula is C8H6BrN3O. The molecule has 5 heteroatoms. The zero-order valence-electron chi connectivity index (χ0n) is 6.57. The molecule has 2 rings (SSSR count). The number of aromatic nitrogens is 2. The summed E-state index contributed by atoms with van der Waals surface area (Å²) in [7, 11) is 0. The largest absolute Gasteiger partial charge is 0.404 e. The van der Waals surface area contributed by atoms with E-state index in [0.29, 0.717) is 5.89 Å². The van der Waals surface area contributed by atoms with Gasteiger partial charge < -0.3 is 10.2 Å². The molecule has 0 aliphatic rings. The van der Waals surface area contributed by atoms with Crippen molar-refractivity contribution in [3.63, 3.8) is 0 Å². The van der Waals surface area contributed by atoms with Gasteiger partial charge in [0.1, 0.15) is 0 Å². The van der Waals surface area contributed by atoms with Crippen molar-refractivity contribution in [1.29, 1.82) is 0 Å². The highest BCUT2D eigenvalue weighted by atomic mass is 79.9. The molecule has 0 fully saturated rings. The highest BCUT2D eigenvalue weighted by Crippen LogP contribution is 2.20. The van der Waals surface area contributed by atoms with Crippen LogP contribution in [0.25, 0.3) is 11.5 Å². The van der Waals surface area contributed by atoms with Gasteiger partial charge in [-0.05, 0) is 24.3 Å². The molecule has 0 spiro atoms. The third-order valence-electron chi connectivity index (χ3n) is 1.53. The van der Waals surface area contributed by atoms with E-state index in [-0.39, 0.29) is 6.01 Å². The number of rotatable bonds is 1. The summed E-state index contributed by atoms with van der Waals surface area (Å²) in [6.45, 7) is 0. The number of halogens is 1. The molecule has 0 atom stereocenters. The van der Waals surface area contributed by atoms with E-state index in [1.165, 1.54) is 0 Å². The highest BCUT2D eigenvalue weighted by Gasteiger charge is 2.04. The number of nitrogens with two attached hydrogens (primary N) is 1. The second-order valence-corrected chi connectivity index (χ2v) is 3.37. The summed E-state index contributed by atoms with van der Waals surface area (Å²) in [4.78, 5) is 0. The molecular weight excluding hydrogens is 234 g/mol. The fraction of sp³-hybridized carbons (Fsp3) is 0. The quantitative estimate of drug-likeness (QED) is 0.828. The lowest BCUT2D eigenvalue weighted by Gasteiger charge is -1.93. The van der Waals surface area contributed by atoms with Gasteiger partial charge >= 0.3 is 6.01 Å². The molecule has 0 aliphatic carbocycles. The molecule has 0 saturated heterocycles. The number of benzene rings is 1. The topological polar surface area (TPSA) is 64.9 Å². The number of hydrogen-bond donors (Lipinski definition) is 1. The van der Waals surface area contributed by atoms with Crippen molar-refractivity contribution in [3.8, 4) is 11.5 Å². The second kappa shape index (κ2) is 3.18. The fourth-order valence-corrected chi connectivity index (χ4v) is 1.21. The Morgan fingerprint density at radius 2 is 1.85 bits per heavy atom. The Hall–Kier alpha value is -1.36. The Morgan fingerprint density at radius 3 is 2.38 bits per heavy atom. The lowest BCUT2D eigenvalue weighted by Crippen LogP contribution is -1.81. The van der Waals surface area contributed by atoms with E-state index in [1.807, 2.05) is 24.3 Å². The Labute approximate surface area is 82.9 Å². The van der Waals surface area contributed by atoms with Crippen LogP contribution in [0.3, 0.4) is 0 Å². The monoisotopic (exact) mass is 239 g/mol. The van der Waals surface area contributed by atoms with Crippen LogP contribution < -0.4 is 5.73 Å². The van der Waals surface area contributed by atoms with E-state index in [4.69, 9.17) is 10.2 Å². The summed E-state index contributed by atoms with van der Waals surface area (Å²) in [6.07, 6.45) is 0. The normalized spacial score (nSPS) is 10.2. The Kier molecular flexibility index (Phi) is 2.02. The van der Waals surface area contributed by atoms with Gasteiger partial charge in [0.25, 0.3) is 0 Å². The molecule has 13 heavy (non-hydrogen) atoms. The Bertz CT molecular complexity index is 410. The zero-order chi connectivity index (χ0) is 9.26. The summed E-state index contributed by atoms with van der Waals surface area (Å²) < 4.78 is 6.05. The first-order valence-corrected chi connectivity index (χ1v) is 4.40. The van der Waals surface area contributed by atoms with Gasteiger partial charge in [0.2, 0.25) is 5.89 Å². The van der Waals surface area contributed by atoms with Crippen molar-refractivity contribution in [1.82, 2.24) is 10.2 Å². The van der Waals surface area contributed by atoms with Crippen LogP contribution in [0.15, 0.2) is 33.2 Å². The van der Waals surface area contributed by atoms with Crippen molar-refractivity contribution >= 4 is 21.9 Å². The molecule has 0 unspecified atom stereocenters. The molecule has 2 N–H and O–H groups in total. The number of nitrogen functional groups attached to an aromatic ring is 1. The number of anilines is 1. The summed E-state index contributed by atoms with van der Waals surface area (Å²) in [5.41, 5.74) is 6.15. The van der Waals surface area contributed by atoms with Gasteiger partial charge in [0, 0.05) is 10.0 Å². The zero-order valence-corrected chi connectivity index (χ0v) is 8.15. The predicted octanol–water partition coefficient (Wildman–Crippen LogP) is 2.08. The molecule has 1 aromatic carbocycles. The highest BCUT2D eigenvalue weighted by molar-refractivity contribution is 9.10. The van der Waals surface area contributed by atoms with Crippen molar-refractivity contribution in [2.24, 2.45) is 0 Å². The maximum absolute atomic E-state index is 5.30. The molecule has 66 valence electrons. The first-order chi connectivity index (χ1) is 6.25. The third-order valence-corrected chi connectivity index (χ3v) is 2.06. The van der Waals surface area contributed by atoms with Gasteiger partial charge in [0.15, 0.2) is 0 Å². The van der Waals surface area contributed by atoms with Crippen LogP contribution in [0.1, 0.15) is 0 Å². The first kappa shape index (κ1) is 8.25. The van der Waals surface area contributed by atoms with Crippen molar-refractivity contribution in [3.05, 3.63) is 28.7 Å². The molecule has 0 aliphatic heterocycles. The van der Waals surface area contributed by atoms with E-state index in [0.717, 1.165) is 10.0 Å². The molecule has 0 radical (unpaired) electrons. The van der Waals surface area contributed by atoms with Gasteiger partial charge in [-0.15, -0.1) is 5.10 Å². The van der Waals surface area contributed by atoms with Gasteiger partial charge in [0.05, 0.1) is 0 Å². The first-order valence-electron chi connectivity index (χ1n) is 3.60. The summed E-state index contributed by atoms with van der Waals surface area (Å²) in [5, 5.41) is 7.32. The number of nitrogens with zero attached hydrogens (tertiary/aromatic N) is 2. The maximum atomic E-state index is 5.30. The van der Waals surface area contributed by atoms with Crippen molar-refractivity contribution in [2.45, 2.75) is 0 Å². The molecule has 4 nitrogen and oxygen atoms in total. The van der Waals surface area contributed by atoms with E-state index < -0.39 is 0 Å². The molecule has 0 bridgehead atoms. The van der Waals surface area contributed by atoms with Crippen LogP contribution in [0.2, 0.25) is 0 Å². The van der Waals surface area contributed by atoms with E-state index in [9.17, 15) is 0 Å². The lowest BCUT2D eigenvalue weighted by molar-refractivity contribution is 0.590. The average Bonchev–Trinajstić information content (AvgIpc) is 2.53. The second-order valence-electron chi connectivity index (χ2n) is 2.45. The van der Waals surface area contributed by atoms with Crippen LogP contribution in [-0.2, 0) is 0 Å². The van der Waals surface area contributed by atoms with E-state index >= 15 is 0 Å². The maximum Gasteiger partial charge on any atom is 0.313 e. The van der Waals surface area contributed by atoms with E-state index in [1.54, 1.807) is 0 Å². The van der Waals surface area contributed by atoms with Gasteiger partial charge in [-0.1, -0.05) is 21.0 Å². The Morgan fingerprint density at radius 1 is 1.15 bits per heavy atom. The Balaban J connectivity index is 2.41. The van der Waals surface area contributed by atoms with Crippen molar-refractivity contribution < 1.29 is 4.42 Å². The number of hydrogen-bond acceptors (Lipinski definition) is 4. The molecule has 0 amide bonds. The van der Waals surface area contributed by atoms with Crippen LogP contribution in [0.4, 0.5) is 6.01 Å². The third kappa shape index (κ3) is 1.70. The molecule has 1 aromatic heterocycles. The lowest BCUT2D eigenvalue weighted by atomic mass is 10.2. The van der Waals surface area contributed by atoms with Crippen LogP contribution >= 0.6 is 15.9 Å². The summed E-state index contributed by atoms with van der Waals surface area (Å²) >= 11 is 3.33. The minimum absolute atomic E-state index is 0.0814. The fourth-order valence-electron chi connectivity index (χ4n) is 0.944. The molecule has 2 aromatic rings. The van der Waals surface area contributed by atoms with Crippen LogP contribution in [0, 0.1) is 0 Å². The standard InChI is InChI=1S/C8H6BrN3O/c9-6-3-1-5(2-4-6)7-11-12-8(10)13-7/h1-4H,(H2,10,12). The summed E-state index contributed by atoms with van der Waals surface area (Å²) in [6, 6.07) is 7.62. The van der Waals surface area contributed by atoms with Crippen LogP contribution in [0.5, 0.6) is 0 Å². The smallest absolute Gasteiger partial charge is 0.313 e. The van der Waals surface area contributed by atoms with Gasteiger partial charge in [-0.25, -0.2) is 0 Å². The van der Waals surface area contributed by atoms with Gasteiger partial charge in [-0.2, -0.15) is 0 Å². The SMILES string of the molecule is Nc1nnc(-c2ccc(Br)cc2)o1. The van der Waals surface area contributed by atoms with Crippen LogP contribution in [-0.4, -0.2) is 10.2 Å². The van der Waals surface area contributed by atoms with E-state index in [2.05, 4.69) is 26.1 Å². The average molecular weight is 240 g/mol. The minimum atomic E-state index is 0.0814. The molecule has 1 heterocycles. The van der Waals surface area contributed by atoms with Gasteiger partial charge in [-0.3, -0.25) is 0 Å². The molecule has 0 saturated carbocycles.